The first-order valence-electron chi connectivity index (χ1n) is 8.72. The summed E-state index contributed by atoms with van der Waals surface area (Å²) in [7, 11) is 0. The highest BCUT2D eigenvalue weighted by Crippen LogP contribution is 2.22. The molecule has 1 unspecified atom stereocenters. The molecule has 1 N–H and O–H groups in total. The molecule has 1 aromatic carbocycles. The fraction of sp³-hybridized carbons (Fsp3) is 0.500. The summed E-state index contributed by atoms with van der Waals surface area (Å²) >= 11 is 0. The third-order valence-electron chi connectivity index (χ3n) is 5.11. The molecule has 6 nitrogen and oxygen atoms in total. The van der Waals surface area contributed by atoms with Crippen LogP contribution in [0.25, 0.3) is 10.9 Å². The van der Waals surface area contributed by atoms with Gasteiger partial charge in [-0.25, -0.2) is 9.97 Å². The molecule has 1 amide bonds. The Morgan fingerprint density at radius 3 is 2.88 bits per heavy atom. The quantitative estimate of drug-likeness (QED) is 0.921. The maximum Gasteiger partial charge on any atom is 0.220 e. The Morgan fingerprint density at radius 2 is 2.08 bits per heavy atom. The molecule has 1 atom stereocenters. The van der Waals surface area contributed by atoms with Crippen LogP contribution in [0.15, 0.2) is 30.7 Å². The van der Waals surface area contributed by atoms with Crippen LogP contribution in [0, 0.1) is 5.92 Å². The third-order valence-corrected chi connectivity index (χ3v) is 5.11. The second kappa shape index (κ2) is 6.73. The van der Waals surface area contributed by atoms with Gasteiger partial charge in [0.15, 0.2) is 0 Å². The largest absolute Gasteiger partial charge is 0.369 e. The first-order valence-corrected chi connectivity index (χ1v) is 8.72. The number of benzene rings is 1. The Kier molecular flexibility index (Phi) is 4.30. The number of hydrogen-bond donors (Lipinski definition) is 1. The molecule has 0 aliphatic carbocycles. The van der Waals surface area contributed by atoms with Crippen LogP contribution in [0.5, 0.6) is 0 Å². The summed E-state index contributed by atoms with van der Waals surface area (Å²) < 4.78 is 0. The first kappa shape index (κ1) is 15.3. The van der Waals surface area contributed by atoms with E-state index in [1.807, 2.05) is 6.20 Å². The fourth-order valence-corrected chi connectivity index (χ4v) is 3.66. The molecule has 24 heavy (non-hydrogen) atoms. The number of nitrogens with zero attached hydrogens (tertiary/aromatic N) is 4. The summed E-state index contributed by atoms with van der Waals surface area (Å²) in [6.45, 7) is 6.17. The summed E-state index contributed by atoms with van der Waals surface area (Å²) in [5, 5.41) is 4.08. The van der Waals surface area contributed by atoms with E-state index in [0.29, 0.717) is 12.3 Å². The van der Waals surface area contributed by atoms with Crippen LogP contribution in [0.4, 0.5) is 5.69 Å². The number of fused-ring (bicyclic) bond motifs is 1. The third kappa shape index (κ3) is 3.33. The lowest BCUT2D eigenvalue weighted by Crippen LogP contribution is -2.49. The van der Waals surface area contributed by atoms with E-state index in [0.717, 1.165) is 56.6 Å². The van der Waals surface area contributed by atoms with E-state index in [-0.39, 0.29) is 5.91 Å². The first-order chi connectivity index (χ1) is 11.8. The van der Waals surface area contributed by atoms with Gasteiger partial charge in [-0.05, 0) is 30.5 Å². The van der Waals surface area contributed by atoms with Crippen LogP contribution in [-0.4, -0.2) is 60.0 Å². The van der Waals surface area contributed by atoms with Crippen molar-refractivity contribution >= 4 is 22.5 Å². The zero-order chi connectivity index (χ0) is 16.4. The van der Waals surface area contributed by atoms with Gasteiger partial charge in [0.2, 0.25) is 5.91 Å². The van der Waals surface area contributed by atoms with Gasteiger partial charge >= 0.3 is 0 Å². The molecule has 6 heteroatoms. The molecular weight excluding hydrogens is 302 g/mol. The molecule has 0 bridgehead atoms. The van der Waals surface area contributed by atoms with E-state index < -0.39 is 0 Å². The van der Waals surface area contributed by atoms with Crippen LogP contribution >= 0.6 is 0 Å². The second-order valence-electron chi connectivity index (χ2n) is 6.76. The van der Waals surface area contributed by atoms with E-state index in [1.165, 1.54) is 5.69 Å². The molecule has 2 aliphatic rings. The molecular formula is C18H23N5O. The number of piperazine rings is 1. The predicted molar refractivity (Wildman–Crippen MR) is 93.9 cm³/mol. The topological polar surface area (TPSA) is 61.4 Å². The lowest BCUT2D eigenvalue weighted by molar-refractivity contribution is -0.123. The van der Waals surface area contributed by atoms with Crippen molar-refractivity contribution in [1.82, 2.24) is 20.2 Å². The van der Waals surface area contributed by atoms with E-state index in [4.69, 9.17) is 0 Å². The van der Waals surface area contributed by atoms with Crippen LogP contribution in [-0.2, 0) is 4.79 Å². The molecule has 2 aliphatic heterocycles. The molecule has 126 valence electrons. The van der Waals surface area contributed by atoms with Crippen LogP contribution in [0.1, 0.15) is 12.8 Å². The van der Waals surface area contributed by atoms with Crippen molar-refractivity contribution in [2.24, 2.45) is 5.92 Å². The summed E-state index contributed by atoms with van der Waals surface area (Å²) in [5.74, 6) is 0.809. The van der Waals surface area contributed by atoms with Gasteiger partial charge in [-0.2, -0.15) is 0 Å². The molecule has 3 heterocycles. The zero-order valence-electron chi connectivity index (χ0n) is 13.8. The van der Waals surface area contributed by atoms with Gasteiger partial charge in [0.1, 0.15) is 6.33 Å². The lowest BCUT2D eigenvalue weighted by atomic mass is 9.98. The van der Waals surface area contributed by atoms with Crippen LogP contribution in [0.3, 0.4) is 0 Å². The van der Waals surface area contributed by atoms with Gasteiger partial charge in [0.25, 0.3) is 0 Å². The zero-order valence-corrected chi connectivity index (χ0v) is 13.8. The number of hydrogen-bond acceptors (Lipinski definition) is 5. The van der Waals surface area contributed by atoms with Gasteiger partial charge in [-0.15, -0.1) is 0 Å². The molecule has 0 saturated carbocycles. The average Bonchev–Trinajstić information content (AvgIpc) is 2.64. The summed E-state index contributed by atoms with van der Waals surface area (Å²) in [6.07, 6.45) is 5.18. The summed E-state index contributed by atoms with van der Waals surface area (Å²) in [5.41, 5.74) is 2.24. The number of carbonyl (C=O) groups excluding carboxylic acids is 1. The molecule has 1 aromatic heterocycles. The lowest BCUT2D eigenvalue weighted by Gasteiger charge is -2.38. The number of piperidine rings is 1. The highest BCUT2D eigenvalue weighted by molar-refractivity contribution is 5.81. The van der Waals surface area contributed by atoms with Crippen LogP contribution < -0.4 is 10.2 Å². The van der Waals surface area contributed by atoms with Crippen molar-refractivity contribution in [1.29, 1.82) is 0 Å². The van der Waals surface area contributed by atoms with E-state index in [9.17, 15) is 4.79 Å². The number of anilines is 1. The number of aromatic nitrogens is 2. The average molecular weight is 325 g/mol. The maximum atomic E-state index is 11.3. The number of rotatable bonds is 3. The summed E-state index contributed by atoms with van der Waals surface area (Å²) in [4.78, 5) is 24.6. The number of amides is 1. The smallest absolute Gasteiger partial charge is 0.220 e. The van der Waals surface area contributed by atoms with E-state index >= 15 is 0 Å². The Labute approximate surface area is 141 Å². The summed E-state index contributed by atoms with van der Waals surface area (Å²) in [6, 6.07) is 6.41. The minimum Gasteiger partial charge on any atom is -0.369 e. The Balaban J connectivity index is 1.34. The number of nitrogens with one attached hydrogen (secondary N) is 1. The maximum absolute atomic E-state index is 11.3. The molecule has 2 fully saturated rings. The molecule has 0 spiro atoms. The standard InChI is InChI=1S/C18H23N5O/c24-18-4-1-14(10-20-18)12-22-5-7-23(8-6-22)16-2-3-17-15(9-16)11-19-13-21-17/h2-3,9,11,13-14H,1,4-8,10,12H2,(H,20,24). The van der Waals surface area contributed by atoms with E-state index in [2.05, 4.69) is 43.3 Å². The second-order valence-corrected chi connectivity index (χ2v) is 6.76. The van der Waals surface area contributed by atoms with Gasteiger partial charge in [0, 0.05) is 63.0 Å². The molecule has 2 saturated heterocycles. The van der Waals surface area contributed by atoms with E-state index in [1.54, 1.807) is 6.33 Å². The highest BCUT2D eigenvalue weighted by Gasteiger charge is 2.23. The van der Waals surface area contributed by atoms with Crippen molar-refractivity contribution < 1.29 is 4.79 Å². The van der Waals surface area contributed by atoms with Crippen molar-refractivity contribution in [2.45, 2.75) is 12.8 Å². The predicted octanol–water partition coefficient (Wildman–Crippen LogP) is 1.28. The van der Waals surface area contributed by atoms with Crippen molar-refractivity contribution in [3.8, 4) is 0 Å². The molecule has 2 aromatic rings. The monoisotopic (exact) mass is 325 g/mol. The fourth-order valence-electron chi connectivity index (χ4n) is 3.66. The van der Waals surface area contributed by atoms with Gasteiger partial charge in [-0.3, -0.25) is 9.69 Å². The minimum atomic E-state index is 0.205. The minimum absolute atomic E-state index is 0.205. The van der Waals surface area contributed by atoms with Crippen molar-refractivity contribution in [3.05, 3.63) is 30.7 Å². The Bertz CT molecular complexity index is 716. The van der Waals surface area contributed by atoms with Crippen molar-refractivity contribution in [3.63, 3.8) is 0 Å². The van der Waals surface area contributed by atoms with Crippen LogP contribution in [0.2, 0.25) is 0 Å². The van der Waals surface area contributed by atoms with Gasteiger partial charge < -0.3 is 10.2 Å². The highest BCUT2D eigenvalue weighted by atomic mass is 16.1. The van der Waals surface area contributed by atoms with Gasteiger partial charge in [0.05, 0.1) is 5.52 Å². The number of carbonyl (C=O) groups is 1. The molecule has 4 rings (SSSR count). The SMILES string of the molecule is O=C1CCC(CN2CCN(c3ccc4ncncc4c3)CC2)CN1. The van der Waals surface area contributed by atoms with Crippen molar-refractivity contribution in [2.75, 3.05) is 44.2 Å². The van der Waals surface area contributed by atoms with Gasteiger partial charge in [-0.1, -0.05) is 0 Å². The Hall–Kier alpha value is -2.21. The Morgan fingerprint density at radius 1 is 1.21 bits per heavy atom. The normalized spacial score (nSPS) is 22.6. The molecule has 0 radical (unpaired) electrons.